The first-order valence-corrected chi connectivity index (χ1v) is 43.1. The van der Waals surface area contributed by atoms with Gasteiger partial charge in [0.1, 0.15) is 93.4 Å². The molecule has 0 spiro atoms. The molecule has 9 heterocycles. The molecule has 23 nitrogen and oxygen atoms in total. The van der Waals surface area contributed by atoms with Gasteiger partial charge < -0.3 is 41.1 Å². The molecule has 106 heavy (non-hydrogen) atoms. The quantitative estimate of drug-likeness (QED) is 0.0390. The van der Waals surface area contributed by atoms with Gasteiger partial charge in [-0.1, -0.05) is 112 Å². The van der Waals surface area contributed by atoms with E-state index in [4.69, 9.17) is 41.1 Å². The van der Waals surface area contributed by atoms with Crippen LogP contribution in [-0.4, -0.2) is 123 Å². The largest absolute Gasteiger partial charge is 0.543 e. The van der Waals surface area contributed by atoms with E-state index >= 15 is 8.78 Å². The number of nitrogens with zero attached hydrogens (tertiary/aromatic N) is 14. The Bertz CT molecular complexity index is 4890. The van der Waals surface area contributed by atoms with Crippen LogP contribution in [0.3, 0.4) is 0 Å². The highest BCUT2D eigenvalue weighted by Crippen LogP contribution is 2.43. The van der Waals surface area contributed by atoms with Crippen molar-refractivity contribution >= 4 is 52.2 Å². The average Bonchev–Trinajstić information content (AvgIpc) is 1.51. The monoisotopic (exact) mass is 1580 g/mol. The first kappa shape index (κ1) is 80.0. The molecule has 3 aromatic carbocycles. The lowest BCUT2D eigenvalue weighted by atomic mass is 10.2. The van der Waals surface area contributed by atoms with E-state index in [2.05, 4.69) is 178 Å². The third-order valence-corrected chi connectivity index (χ3v) is 31.9. The second kappa shape index (κ2) is 33.1. The van der Waals surface area contributed by atoms with Gasteiger partial charge in [-0.3, -0.25) is 14.4 Å². The molecule has 1 aliphatic rings. The Hall–Kier alpha value is -10.1. The molecule has 0 saturated heterocycles. The summed E-state index contributed by atoms with van der Waals surface area (Å²) in [5.74, 6) is -1.32. The fourth-order valence-corrected chi connectivity index (χ4v) is 12.9. The minimum atomic E-state index is -2.25. The Labute approximate surface area is 621 Å². The molecule has 8 aromatic heterocycles. The first-order valence-electron chi connectivity index (χ1n) is 33.3. The SMILES string of the molecule is CC(C)(C)[Si](C)(C)Oc1cccc(F)c1CBr.COc1nc(-c2cc(-c3ccon3)n(Cc3c(F)cccc3O[Si](C)(C)C(C)(C)C)n2)ncc1F.COc1nc(-c2cc(-c3ccon3)nn2Cc2c(F)cccc2O[Si](C)(C)C(C)(C)C)ncc1F.COc1nc(C2=NCC(c3ccon3)=C2)ncc1F. The lowest BCUT2D eigenvalue weighted by Crippen LogP contribution is -2.44. The minimum Gasteiger partial charge on any atom is -0.543 e. The third-order valence-electron chi connectivity index (χ3n) is 18.4. The molecule has 1 aliphatic heterocycles. The fourth-order valence-electron chi connectivity index (χ4n) is 9.26. The van der Waals surface area contributed by atoms with Crippen molar-refractivity contribution in [2.75, 3.05) is 27.9 Å². The van der Waals surface area contributed by atoms with Crippen LogP contribution in [0.5, 0.6) is 34.9 Å². The van der Waals surface area contributed by atoms with Crippen LogP contribution in [0, 0.1) is 34.9 Å². The van der Waals surface area contributed by atoms with E-state index in [0.29, 0.717) is 97.2 Å². The molecule has 11 aromatic rings. The number of methoxy groups -OCH3 is 3. The van der Waals surface area contributed by atoms with Crippen LogP contribution in [0.25, 0.3) is 51.4 Å². The normalized spacial score (nSPS) is 12.6. The van der Waals surface area contributed by atoms with E-state index in [0.717, 1.165) is 24.2 Å². The van der Waals surface area contributed by atoms with Crippen molar-refractivity contribution in [3.8, 4) is 80.7 Å². The van der Waals surface area contributed by atoms with Crippen molar-refractivity contribution in [2.45, 2.75) is 135 Å². The summed E-state index contributed by atoms with van der Waals surface area (Å²) in [6.45, 7) is 32.5. The van der Waals surface area contributed by atoms with E-state index in [9.17, 15) is 17.6 Å². The highest BCUT2D eigenvalue weighted by Gasteiger charge is 2.42. The van der Waals surface area contributed by atoms with Gasteiger partial charge in [0.05, 0.1) is 65.2 Å². The molecule has 0 bridgehead atoms. The molecular weight excluding hydrogens is 1500 g/mol. The van der Waals surface area contributed by atoms with Crippen molar-refractivity contribution < 1.29 is 67.4 Å². The van der Waals surface area contributed by atoms with Crippen LogP contribution < -0.4 is 27.5 Å². The molecule has 0 atom stereocenters. The van der Waals surface area contributed by atoms with Gasteiger partial charge in [0.25, 0.3) is 17.6 Å². The zero-order valence-electron chi connectivity index (χ0n) is 62.0. The van der Waals surface area contributed by atoms with E-state index in [1.54, 1.807) is 71.4 Å². The maximum atomic E-state index is 15.2. The molecule has 560 valence electrons. The van der Waals surface area contributed by atoms with Gasteiger partial charge >= 0.3 is 0 Å². The molecule has 0 radical (unpaired) electrons. The number of benzene rings is 3. The van der Waals surface area contributed by atoms with Gasteiger partial charge in [-0.15, -0.1) is 0 Å². The number of ether oxygens (including phenoxy) is 3. The zero-order valence-corrected chi connectivity index (χ0v) is 66.6. The number of halogens is 7. The maximum absolute atomic E-state index is 15.2. The number of alkyl halides is 1. The molecule has 0 saturated carbocycles. The topological polar surface area (TPSA) is 259 Å². The molecule has 0 fully saturated rings. The van der Waals surface area contributed by atoms with Gasteiger partial charge in [0, 0.05) is 45.8 Å². The Morgan fingerprint density at radius 1 is 0.443 bits per heavy atom. The highest BCUT2D eigenvalue weighted by atomic mass is 79.9. The van der Waals surface area contributed by atoms with Crippen LogP contribution in [0.15, 0.2) is 147 Å². The predicted octanol–water partition coefficient (Wildman–Crippen LogP) is 18.0. The van der Waals surface area contributed by atoms with E-state index in [-0.39, 0.29) is 63.3 Å². The Balaban J connectivity index is 0.000000171. The van der Waals surface area contributed by atoms with Crippen molar-refractivity contribution in [3.63, 3.8) is 0 Å². The van der Waals surface area contributed by atoms with Gasteiger partial charge in [0.15, 0.2) is 17.5 Å². The van der Waals surface area contributed by atoms with Gasteiger partial charge in [0.2, 0.25) is 42.4 Å². The molecule has 0 amide bonds. The number of aromatic nitrogens is 13. The standard InChI is InChI=1S/2C24H27F2N5O3Si.C13H20BrFOSi.C12H9FN4O2/c1-24(2,3)35(5,6)34-21-9-7-8-16(25)15(21)14-31-20(18-10-11-33-30-18)12-19(29-31)22-27-13-17(26)23(28-22)32-4;1-24(2,3)35(5,6)34-21-9-7-8-16(25)15(21)14-31-20(12-19(29-31)18-10-11-33-30-18)22-27-13-17(26)23(28-22)32-4;1-13(2,3)17(4,5)16-12-8-6-7-11(15)10(12)9-14;1-18-12-8(13)6-15-11(16-12)10-4-7(5-14-10)9-2-3-19-17-9/h2*7-13H,14H2,1-6H3;6-8H,9H2,1-5H3;2-4,6H,5H2,1H3. The lowest BCUT2D eigenvalue weighted by Gasteiger charge is -2.37. The minimum absolute atomic E-state index is 0.0207. The molecule has 12 rings (SSSR count). The summed E-state index contributed by atoms with van der Waals surface area (Å²) >= 11 is 3.31. The number of hydrogen-bond donors (Lipinski definition) is 0. The molecule has 0 aliphatic carbocycles. The van der Waals surface area contributed by atoms with Crippen LogP contribution in [0.4, 0.5) is 26.3 Å². The van der Waals surface area contributed by atoms with Crippen molar-refractivity contribution in [1.82, 2.24) is 64.9 Å². The van der Waals surface area contributed by atoms with Gasteiger partial charge in [-0.2, -0.15) is 38.3 Å². The number of allylic oxidation sites excluding steroid dienone is 1. The van der Waals surface area contributed by atoms with Crippen LogP contribution >= 0.6 is 15.9 Å². The number of hydrogen-bond acceptors (Lipinski definition) is 21. The second-order valence-electron chi connectivity index (χ2n) is 28.7. The van der Waals surface area contributed by atoms with E-state index in [1.807, 2.05) is 6.07 Å². The summed E-state index contributed by atoms with van der Waals surface area (Å²) in [5.41, 5.74) is 6.21. The molecule has 0 N–H and O–H groups in total. The van der Waals surface area contributed by atoms with Crippen molar-refractivity contribution in [2.24, 2.45) is 4.99 Å². The Kier molecular flexibility index (Phi) is 25.0. The summed E-state index contributed by atoms with van der Waals surface area (Å²) in [6.07, 6.45) is 9.23. The second-order valence-corrected chi connectivity index (χ2v) is 43.4. The molecule has 33 heteroatoms. The van der Waals surface area contributed by atoms with E-state index in [1.165, 1.54) is 63.0 Å². The summed E-state index contributed by atoms with van der Waals surface area (Å²) in [6, 6.07) is 23.0. The maximum Gasteiger partial charge on any atom is 0.253 e. The van der Waals surface area contributed by atoms with Crippen LogP contribution in [-0.2, 0) is 18.4 Å². The van der Waals surface area contributed by atoms with Crippen molar-refractivity contribution in [3.05, 3.63) is 191 Å². The van der Waals surface area contributed by atoms with Gasteiger partial charge in [-0.05, 0) is 109 Å². The molecule has 0 unspecified atom stereocenters. The number of aliphatic imine (C=N–C) groups is 1. The summed E-state index contributed by atoms with van der Waals surface area (Å²) in [7, 11) is -2.42. The third kappa shape index (κ3) is 18.9. The first-order chi connectivity index (χ1) is 50.0. The Morgan fingerprint density at radius 2 is 0.821 bits per heavy atom. The zero-order chi connectivity index (χ0) is 77.3. The highest BCUT2D eigenvalue weighted by molar-refractivity contribution is 9.08. The molecular formula is C73H83BrF6N14O9Si3. The summed E-state index contributed by atoms with van der Waals surface area (Å²) in [4.78, 5) is 28.5. The van der Waals surface area contributed by atoms with Crippen LogP contribution in [0.2, 0.25) is 54.4 Å². The van der Waals surface area contributed by atoms with Gasteiger partial charge in [-0.25, -0.2) is 28.1 Å². The smallest absolute Gasteiger partial charge is 0.253 e. The predicted molar refractivity (Wildman–Crippen MR) is 398 cm³/mol. The van der Waals surface area contributed by atoms with Crippen molar-refractivity contribution in [1.29, 1.82) is 0 Å². The summed E-state index contributed by atoms with van der Waals surface area (Å²) in [5, 5.41) is 21.4. The summed E-state index contributed by atoms with van der Waals surface area (Å²) < 4.78 is 137. The Morgan fingerprint density at radius 3 is 1.25 bits per heavy atom. The lowest BCUT2D eigenvalue weighted by molar-refractivity contribution is 0.366. The average molecular weight is 1580 g/mol. The number of rotatable bonds is 20. The fraction of sp³-hybridized carbons (Fsp3) is 0.342. The van der Waals surface area contributed by atoms with Crippen LogP contribution in [0.1, 0.15) is 90.5 Å². The van der Waals surface area contributed by atoms with E-state index < -0.39 is 54.0 Å².